The Labute approximate surface area is 127 Å². The molecule has 1 unspecified atom stereocenters. The van der Waals surface area contributed by atoms with Crippen molar-refractivity contribution < 1.29 is 9.53 Å². The van der Waals surface area contributed by atoms with E-state index in [-0.39, 0.29) is 0 Å². The monoisotopic (exact) mass is 286 g/mol. The molecular formula is C19H26O2. The number of hydrogen-bond donors (Lipinski definition) is 0. The minimum atomic E-state index is -0.480. The number of ketones is 1. The average molecular weight is 286 g/mol. The highest BCUT2D eigenvalue weighted by atomic mass is 16.5. The van der Waals surface area contributed by atoms with Gasteiger partial charge in [-0.05, 0) is 62.0 Å². The van der Waals surface area contributed by atoms with E-state index in [9.17, 15) is 4.79 Å². The fourth-order valence-electron chi connectivity index (χ4n) is 3.96. The summed E-state index contributed by atoms with van der Waals surface area (Å²) in [6, 6.07) is 8.52. The molecular weight excluding hydrogens is 260 g/mol. The summed E-state index contributed by atoms with van der Waals surface area (Å²) in [6.45, 7) is 4.93. The van der Waals surface area contributed by atoms with Crippen molar-refractivity contribution in [2.24, 2.45) is 5.92 Å². The van der Waals surface area contributed by atoms with E-state index in [1.165, 1.54) is 11.1 Å². The summed E-state index contributed by atoms with van der Waals surface area (Å²) in [5.74, 6) is 1.50. The molecule has 3 rings (SSSR count). The Morgan fingerprint density at radius 2 is 2.00 bits per heavy atom. The molecule has 1 saturated carbocycles. The Morgan fingerprint density at radius 3 is 2.67 bits per heavy atom. The topological polar surface area (TPSA) is 26.3 Å². The summed E-state index contributed by atoms with van der Waals surface area (Å²) in [4.78, 5) is 12.9. The lowest BCUT2D eigenvalue weighted by Crippen LogP contribution is -2.45. The van der Waals surface area contributed by atoms with E-state index >= 15 is 0 Å². The number of Topliss-reactive ketones (excluding diaryl/α,β-unsaturated/α-hetero) is 1. The molecule has 1 atom stereocenters. The van der Waals surface area contributed by atoms with E-state index in [1.54, 1.807) is 0 Å². The maximum Gasteiger partial charge on any atom is 0.165 e. The van der Waals surface area contributed by atoms with Crippen LogP contribution in [0.2, 0.25) is 0 Å². The third-order valence-electron chi connectivity index (χ3n) is 5.40. The summed E-state index contributed by atoms with van der Waals surface area (Å²) in [5.41, 5.74) is 2.31. The second-order valence-electron chi connectivity index (χ2n) is 6.84. The zero-order valence-electron chi connectivity index (χ0n) is 13.2. The molecule has 0 N–H and O–H groups in total. The predicted octanol–water partition coefficient (Wildman–Crippen LogP) is 4.27. The van der Waals surface area contributed by atoms with E-state index in [2.05, 4.69) is 31.2 Å². The first-order valence-electron chi connectivity index (χ1n) is 8.39. The quantitative estimate of drug-likeness (QED) is 0.808. The molecule has 21 heavy (non-hydrogen) atoms. The van der Waals surface area contributed by atoms with Gasteiger partial charge in [0.05, 0.1) is 0 Å². The van der Waals surface area contributed by atoms with Gasteiger partial charge in [0.25, 0.3) is 0 Å². The molecule has 2 aliphatic carbocycles. The third kappa shape index (κ3) is 2.78. The minimum Gasteiger partial charge on any atom is -0.368 e. The SMILES string of the molecule is CCOC1(C(=O)CC2Cc3ccccc32)CCC(C)CC1. The van der Waals surface area contributed by atoms with Crippen LogP contribution in [0.25, 0.3) is 0 Å². The molecule has 0 radical (unpaired) electrons. The Hall–Kier alpha value is -1.15. The van der Waals surface area contributed by atoms with Crippen molar-refractivity contribution in [1.82, 2.24) is 0 Å². The first-order chi connectivity index (χ1) is 10.1. The maximum atomic E-state index is 12.9. The molecule has 2 heteroatoms. The van der Waals surface area contributed by atoms with E-state index < -0.39 is 5.60 Å². The molecule has 0 aliphatic heterocycles. The van der Waals surface area contributed by atoms with Crippen LogP contribution in [0.5, 0.6) is 0 Å². The van der Waals surface area contributed by atoms with Crippen molar-refractivity contribution in [1.29, 1.82) is 0 Å². The molecule has 1 aromatic rings. The lowest BCUT2D eigenvalue weighted by molar-refractivity contribution is -0.150. The lowest BCUT2D eigenvalue weighted by Gasteiger charge is -2.40. The van der Waals surface area contributed by atoms with E-state index in [0.717, 1.165) is 38.0 Å². The van der Waals surface area contributed by atoms with Crippen LogP contribution in [0, 0.1) is 5.92 Å². The lowest BCUT2D eigenvalue weighted by atomic mass is 9.70. The van der Waals surface area contributed by atoms with Crippen molar-refractivity contribution in [3.63, 3.8) is 0 Å². The number of carbonyl (C=O) groups excluding carboxylic acids is 1. The predicted molar refractivity (Wildman–Crippen MR) is 84.5 cm³/mol. The molecule has 1 aromatic carbocycles. The van der Waals surface area contributed by atoms with Gasteiger partial charge in [0, 0.05) is 13.0 Å². The van der Waals surface area contributed by atoms with Crippen LogP contribution in [-0.4, -0.2) is 18.0 Å². The van der Waals surface area contributed by atoms with Gasteiger partial charge in [-0.2, -0.15) is 0 Å². The normalized spacial score (nSPS) is 31.3. The molecule has 114 valence electrons. The molecule has 1 fully saturated rings. The summed E-state index contributed by atoms with van der Waals surface area (Å²) in [6.07, 6.45) is 5.77. The number of hydrogen-bond acceptors (Lipinski definition) is 2. The Balaban J connectivity index is 1.68. The zero-order valence-corrected chi connectivity index (χ0v) is 13.2. The molecule has 0 saturated heterocycles. The molecule has 2 nitrogen and oxygen atoms in total. The highest BCUT2D eigenvalue weighted by molar-refractivity contribution is 5.88. The Kier molecular flexibility index (Phi) is 4.17. The van der Waals surface area contributed by atoms with Gasteiger partial charge in [0.2, 0.25) is 0 Å². The molecule has 0 amide bonds. The molecule has 0 heterocycles. The highest BCUT2D eigenvalue weighted by Gasteiger charge is 2.43. The summed E-state index contributed by atoms with van der Waals surface area (Å²) in [7, 11) is 0. The number of fused-ring (bicyclic) bond motifs is 1. The number of ether oxygens (including phenoxy) is 1. The second kappa shape index (κ2) is 5.92. The van der Waals surface area contributed by atoms with Gasteiger partial charge >= 0.3 is 0 Å². The molecule has 0 aromatic heterocycles. The number of rotatable bonds is 5. The summed E-state index contributed by atoms with van der Waals surface area (Å²) < 4.78 is 5.99. The van der Waals surface area contributed by atoms with Crippen molar-refractivity contribution in [2.45, 2.75) is 63.9 Å². The summed E-state index contributed by atoms with van der Waals surface area (Å²) >= 11 is 0. The minimum absolute atomic E-state index is 0.343. The first-order valence-corrected chi connectivity index (χ1v) is 8.39. The summed E-state index contributed by atoms with van der Waals surface area (Å²) in [5, 5.41) is 0. The van der Waals surface area contributed by atoms with Crippen molar-refractivity contribution in [2.75, 3.05) is 6.61 Å². The van der Waals surface area contributed by atoms with Gasteiger partial charge < -0.3 is 4.74 Å². The third-order valence-corrected chi connectivity index (χ3v) is 5.40. The van der Waals surface area contributed by atoms with Crippen LogP contribution < -0.4 is 0 Å². The van der Waals surface area contributed by atoms with E-state index in [4.69, 9.17) is 4.74 Å². The largest absolute Gasteiger partial charge is 0.368 e. The maximum absolute atomic E-state index is 12.9. The van der Waals surface area contributed by atoms with Crippen molar-refractivity contribution in [3.05, 3.63) is 35.4 Å². The van der Waals surface area contributed by atoms with Gasteiger partial charge in [-0.3, -0.25) is 4.79 Å². The first kappa shape index (κ1) is 14.8. The van der Waals surface area contributed by atoms with Crippen LogP contribution in [0.3, 0.4) is 0 Å². The average Bonchev–Trinajstić information content (AvgIpc) is 2.47. The Bertz CT molecular complexity index is 512. The smallest absolute Gasteiger partial charge is 0.165 e. The van der Waals surface area contributed by atoms with Gasteiger partial charge in [-0.15, -0.1) is 0 Å². The number of carbonyl (C=O) groups is 1. The van der Waals surface area contributed by atoms with Crippen LogP contribution in [-0.2, 0) is 16.0 Å². The van der Waals surface area contributed by atoms with Crippen LogP contribution in [0.1, 0.15) is 63.0 Å². The van der Waals surface area contributed by atoms with E-state index in [0.29, 0.717) is 24.7 Å². The van der Waals surface area contributed by atoms with Gasteiger partial charge in [0.1, 0.15) is 5.60 Å². The fourth-order valence-corrected chi connectivity index (χ4v) is 3.96. The highest BCUT2D eigenvalue weighted by Crippen LogP contribution is 2.42. The van der Waals surface area contributed by atoms with Crippen LogP contribution in [0.4, 0.5) is 0 Å². The van der Waals surface area contributed by atoms with Crippen molar-refractivity contribution in [3.8, 4) is 0 Å². The molecule has 2 aliphatic rings. The zero-order chi connectivity index (χ0) is 14.9. The van der Waals surface area contributed by atoms with Gasteiger partial charge in [-0.25, -0.2) is 0 Å². The van der Waals surface area contributed by atoms with Crippen molar-refractivity contribution >= 4 is 5.78 Å². The van der Waals surface area contributed by atoms with Gasteiger partial charge in [0.15, 0.2) is 5.78 Å². The van der Waals surface area contributed by atoms with Crippen LogP contribution in [0.15, 0.2) is 24.3 Å². The van der Waals surface area contributed by atoms with Crippen LogP contribution >= 0.6 is 0 Å². The molecule has 0 spiro atoms. The molecule has 0 bridgehead atoms. The standard InChI is InChI=1S/C19H26O2/c1-3-21-19(10-8-14(2)9-11-19)18(20)13-16-12-15-6-4-5-7-17(15)16/h4-7,14,16H,3,8-13H2,1-2H3. The Morgan fingerprint density at radius 1 is 1.29 bits per heavy atom. The number of benzene rings is 1. The second-order valence-corrected chi connectivity index (χ2v) is 6.84. The van der Waals surface area contributed by atoms with Gasteiger partial charge in [-0.1, -0.05) is 31.2 Å². The van der Waals surface area contributed by atoms with E-state index in [1.807, 2.05) is 6.92 Å². The fraction of sp³-hybridized carbons (Fsp3) is 0.632.